The number of nitrogens with zero attached hydrogens (tertiary/aromatic N) is 2. The maximum Gasteiger partial charge on any atom is 0.134 e. The topological polar surface area (TPSA) is 49.5 Å². The SMILES string of the molecule is OCc1cccnc1N(Cc1ccco1)C1CC1. The highest BCUT2D eigenvalue weighted by Gasteiger charge is 2.31. The van der Waals surface area contributed by atoms with E-state index < -0.39 is 0 Å². The van der Waals surface area contributed by atoms with Gasteiger partial charge in [-0.25, -0.2) is 4.98 Å². The minimum Gasteiger partial charge on any atom is -0.467 e. The molecular weight excluding hydrogens is 228 g/mol. The number of furan rings is 1. The second-order valence-electron chi connectivity index (χ2n) is 4.58. The molecule has 0 aliphatic heterocycles. The summed E-state index contributed by atoms with van der Waals surface area (Å²) in [4.78, 5) is 6.64. The third-order valence-corrected chi connectivity index (χ3v) is 3.20. The van der Waals surface area contributed by atoms with Gasteiger partial charge >= 0.3 is 0 Å². The van der Waals surface area contributed by atoms with Crippen LogP contribution >= 0.6 is 0 Å². The van der Waals surface area contributed by atoms with Crippen molar-refractivity contribution in [3.8, 4) is 0 Å². The smallest absolute Gasteiger partial charge is 0.134 e. The molecule has 2 heterocycles. The van der Waals surface area contributed by atoms with Gasteiger partial charge in [0.2, 0.25) is 0 Å². The normalized spacial score (nSPS) is 14.7. The van der Waals surface area contributed by atoms with Crippen molar-refractivity contribution in [2.45, 2.75) is 32.0 Å². The van der Waals surface area contributed by atoms with Crippen molar-refractivity contribution in [1.29, 1.82) is 0 Å². The molecule has 2 aromatic heterocycles. The standard InChI is InChI=1S/C14H16N2O2/c17-10-11-3-1-7-15-14(11)16(12-5-6-12)9-13-4-2-8-18-13/h1-4,7-8,12,17H,5-6,9-10H2. The molecule has 0 aromatic carbocycles. The predicted octanol–water partition coefficient (Wildman–Crippen LogP) is 2.34. The van der Waals surface area contributed by atoms with Gasteiger partial charge < -0.3 is 14.4 Å². The number of rotatable bonds is 5. The van der Waals surface area contributed by atoms with E-state index in [1.165, 1.54) is 12.8 Å². The molecule has 1 fully saturated rings. The van der Waals surface area contributed by atoms with Gasteiger partial charge in [-0.15, -0.1) is 0 Å². The minimum absolute atomic E-state index is 0.0184. The van der Waals surface area contributed by atoms with Crippen molar-refractivity contribution in [1.82, 2.24) is 4.98 Å². The first-order valence-corrected chi connectivity index (χ1v) is 6.22. The zero-order valence-electron chi connectivity index (χ0n) is 10.1. The fraction of sp³-hybridized carbons (Fsp3) is 0.357. The van der Waals surface area contributed by atoms with E-state index in [1.807, 2.05) is 24.3 Å². The maximum atomic E-state index is 9.41. The van der Waals surface area contributed by atoms with Gasteiger partial charge in [0.15, 0.2) is 0 Å². The maximum absolute atomic E-state index is 9.41. The lowest BCUT2D eigenvalue weighted by molar-refractivity contribution is 0.281. The third-order valence-electron chi connectivity index (χ3n) is 3.20. The summed E-state index contributed by atoms with van der Waals surface area (Å²) in [5.41, 5.74) is 0.871. The van der Waals surface area contributed by atoms with Gasteiger partial charge in [0.1, 0.15) is 11.6 Å². The molecule has 3 rings (SSSR count). The average molecular weight is 244 g/mol. The largest absolute Gasteiger partial charge is 0.467 e. The Morgan fingerprint density at radius 2 is 2.22 bits per heavy atom. The number of aliphatic hydroxyl groups excluding tert-OH is 1. The van der Waals surface area contributed by atoms with Gasteiger partial charge in [-0.1, -0.05) is 6.07 Å². The van der Waals surface area contributed by atoms with E-state index in [1.54, 1.807) is 12.5 Å². The molecule has 2 aromatic rings. The molecule has 0 saturated heterocycles. The molecular formula is C14H16N2O2. The second-order valence-corrected chi connectivity index (χ2v) is 4.58. The first kappa shape index (κ1) is 11.3. The van der Waals surface area contributed by atoms with Crippen LogP contribution in [0.1, 0.15) is 24.2 Å². The van der Waals surface area contributed by atoms with Crippen LogP contribution in [0.5, 0.6) is 0 Å². The molecule has 0 unspecified atom stereocenters. The Kier molecular flexibility index (Phi) is 3.02. The van der Waals surface area contributed by atoms with E-state index in [4.69, 9.17) is 4.42 Å². The highest BCUT2D eigenvalue weighted by atomic mass is 16.3. The van der Waals surface area contributed by atoms with Crippen molar-refractivity contribution in [2.24, 2.45) is 0 Å². The van der Waals surface area contributed by atoms with E-state index >= 15 is 0 Å². The van der Waals surface area contributed by atoms with Gasteiger partial charge in [0, 0.05) is 17.8 Å². The third kappa shape index (κ3) is 2.24. The Morgan fingerprint density at radius 3 is 2.89 bits per heavy atom. The number of aromatic nitrogens is 1. The predicted molar refractivity (Wildman–Crippen MR) is 68.1 cm³/mol. The molecule has 0 bridgehead atoms. The van der Waals surface area contributed by atoms with Crippen LogP contribution in [-0.2, 0) is 13.2 Å². The van der Waals surface area contributed by atoms with Crippen LogP contribution in [0.2, 0.25) is 0 Å². The van der Waals surface area contributed by atoms with Gasteiger partial charge in [0.05, 0.1) is 19.4 Å². The molecule has 0 spiro atoms. The van der Waals surface area contributed by atoms with Gasteiger partial charge in [0.25, 0.3) is 0 Å². The zero-order chi connectivity index (χ0) is 12.4. The molecule has 18 heavy (non-hydrogen) atoms. The molecule has 1 N–H and O–H groups in total. The van der Waals surface area contributed by atoms with Crippen LogP contribution in [0.25, 0.3) is 0 Å². The van der Waals surface area contributed by atoms with Crippen molar-refractivity contribution < 1.29 is 9.52 Å². The number of hydrogen-bond donors (Lipinski definition) is 1. The summed E-state index contributed by atoms with van der Waals surface area (Å²) in [6.07, 6.45) is 5.82. The Morgan fingerprint density at radius 1 is 1.33 bits per heavy atom. The van der Waals surface area contributed by atoms with Crippen molar-refractivity contribution in [2.75, 3.05) is 4.90 Å². The Balaban J connectivity index is 1.89. The number of anilines is 1. The highest BCUT2D eigenvalue weighted by molar-refractivity contribution is 5.48. The summed E-state index contributed by atoms with van der Waals surface area (Å²) < 4.78 is 5.40. The van der Waals surface area contributed by atoms with Crippen LogP contribution in [0.15, 0.2) is 41.1 Å². The molecule has 4 nitrogen and oxygen atoms in total. The first-order valence-electron chi connectivity index (χ1n) is 6.22. The summed E-state index contributed by atoms with van der Waals surface area (Å²) in [6.45, 7) is 0.728. The summed E-state index contributed by atoms with van der Waals surface area (Å²) in [5, 5.41) is 9.41. The number of aliphatic hydroxyl groups is 1. The van der Waals surface area contributed by atoms with Gasteiger partial charge in [-0.05, 0) is 31.0 Å². The molecule has 1 saturated carbocycles. The van der Waals surface area contributed by atoms with Crippen LogP contribution in [-0.4, -0.2) is 16.1 Å². The zero-order valence-corrected chi connectivity index (χ0v) is 10.1. The van der Waals surface area contributed by atoms with E-state index in [0.717, 1.165) is 17.1 Å². The van der Waals surface area contributed by atoms with E-state index in [9.17, 15) is 5.11 Å². The quantitative estimate of drug-likeness (QED) is 0.877. The monoisotopic (exact) mass is 244 g/mol. The van der Waals surface area contributed by atoms with Gasteiger partial charge in [-0.3, -0.25) is 0 Å². The van der Waals surface area contributed by atoms with E-state index in [-0.39, 0.29) is 6.61 Å². The molecule has 94 valence electrons. The molecule has 4 heteroatoms. The van der Waals surface area contributed by atoms with Crippen LogP contribution in [0.3, 0.4) is 0 Å². The highest BCUT2D eigenvalue weighted by Crippen LogP contribution is 2.33. The van der Waals surface area contributed by atoms with E-state index in [2.05, 4.69) is 9.88 Å². The number of pyridine rings is 1. The molecule has 0 atom stereocenters. The molecule has 1 aliphatic carbocycles. The lowest BCUT2D eigenvalue weighted by Crippen LogP contribution is -2.27. The minimum atomic E-state index is 0.0184. The molecule has 1 aliphatic rings. The van der Waals surface area contributed by atoms with Crippen LogP contribution in [0, 0.1) is 0 Å². The summed E-state index contributed by atoms with van der Waals surface area (Å²) in [6, 6.07) is 8.16. The molecule has 0 radical (unpaired) electrons. The summed E-state index contributed by atoms with van der Waals surface area (Å²) >= 11 is 0. The fourth-order valence-corrected chi connectivity index (χ4v) is 2.15. The van der Waals surface area contributed by atoms with Crippen molar-refractivity contribution in [3.63, 3.8) is 0 Å². The van der Waals surface area contributed by atoms with Crippen molar-refractivity contribution in [3.05, 3.63) is 48.0 Å². The fourth-order valence-electron chi connectivity index (χ4n) is 2.15. The van der Waals surface area contributed by atoms with Crippen molar-refractivity contribution >= 4 is 5.82 Å². The Bertz CT molecular complexity index is 506. The summed E-state index contributed by atoms with van der Waals surface area (Å²) in [7, 11) is 0. The lowest BCUT2D eigenvalue weighted by atomic mass is 10.2. The lowest BCUT2D eigenvalue weighted by Gasteiger charge is -2.24. The van der Waals surface area contributed by atoms with Crippen LogP contribution < -0.4 is 4.90 Å². The second kappa shape index (κ2) is 4.82. The van der Waals surface area contributed by atoms with Crippen LogP contribution in [0.4, 0.5) is 5.82 Å². The first-order chi connectivity index (χ1) is 8.88. The average Bonchev–Trinajstić information content (AvgIpc) is 3.13. The Labute approximate surface area is 106 Å². The van der Waals surface area contributed by atoms with E-state index in [0.29, 0.717) is 12.6 Å². The number of hydrogen-bond acceptors (Lipinski definition) is 4. The van der Waals surface area contributed by atoms with Gasteiger partial charge in [-0.2, -0.15) is 0 Å². The Hall–Kier alpha value is -1.81. The summed E-state index contributed by atoms with van der Waals surface area (Å²) in [5.74, 6) is 1.80. The molecule has 0 amide bonds.